The number of piperidine rings is 1. The summed E-state index contributed by atoms with van der Waals surface area (Å²) in [6.07, 6.45) is 4.48. The van der Waals surface area contributed by atoms with Crippen molar-refractivity contribution in [3.63, 3.8) is 0 Å². The number of likely N-dealkylation sites (tertiary alicyclic amines) is 1. The van der Waals surface area contributed by atoms with Crippen LogP contribution in [-0.2, 0) is 4.74 Å². The second kappa shape index (κ2) is 6.41. The van der Waals surface area contributed by atoms with Crippen molar-refractivity contribution in [1.82, 2.24) is 9.80 Å². The van der Waals surface area contributed by atoms with Gasteiger partial charge in [-0.1, -0.05) is 6.92 Å². The van der Waals surface area contributed by atoms with Crippen molar-refractivity contribution in [3.8, 4) is 0 Å². The van der Waals surface area contributed by atoms with Crippen molar-refractivity contribution in [2.75, 3.05) is 39.9 Å². The molecule has 0 aromatic rings. The summed E-state index contributed by atoms with van der Waals surface area (Å²) in [6, 6.07) is 0.216. The Labute approximate surface area is 110 Å². The number of urea groups is 1. The Morgan fingerprint density at radius 2 is 1.83 bits per heavy atom. The Hall–Kier alpha value is -0.770. The van der Waals surface area contributed by atoms with E-state index in [0.29, 0.717) is 5.92 Å². The maximum Gasteiger partial charge on any atom is 0.319 e. The summed E-state index contributed by atoms with van der Waals surface area (Å²) in [7, 11) is 1.94. The minimum absolute atomic E-state index is 0.216. The number of hydrogen-bond acceptors (Lipinski definition) is 2. The van der Waals surface area contributed by atoms with E-state index in [1.165, 1.54) is 0 Å². The van der Waals surface area contributed by atoms with E-state index in [2.05, 4.69) is 6.92 Å². The third kappa shape index (κ3) is 3.61. The minimum Gasteiger partial charge on any atom is -0.381 e. The molecule has 2 saturated heterocycles. The SMILES string of the molecule is CC1CCN(C(=O)N(C)CC2CCOCC2)CC1. The van der Waals surface area contributed by atoms with E-state index < -0.39 is 0 Å². The van der Waals surface area contributed by atoms with E-state index in [4.69, 9.17) is 4.74 Å². The van der Waals surface area contributed by atoms with E-state index in [1.807, 2.05) is 16.8 Å². The molecule has 0 saturated carbocycles. The minimum atomic E-state index is 0.216. The average molecular weight is 254 g/mol. The third-order valence-corrected chi connectivity index (χ3v) is 4.25. The Kier molecular flexibility index (Phi) is 4.87. The molecule has 18 heavy (non-hydrogen) atoms. The van der Waals surface area contributed by atoms with Gasteiger partial charge in [0.15, 0.2) is 0 Å². The number of ether oxygens (including phenoxy) is 1. The quantitative estimate of drug-likeness (QED) is 0.757. The number of carbonyl (C=O) groups is 1. The molecule has 0 N–H and O–H groups in total. The highest BCUT2D eigenvalue weighted by Crippen LogP contribution is 2.19. The summed E-state index contributed by atoms with van der Waals surface area (Å²) < 4.78 is 5.36. The summed E-state index contributed by atoms with van der Waals surface area (Å²) in [5.41, 5.74) is 0. The molecule has 0 bridgehead atoms. The fourth-order valence-electron chi connectivity index (χ4n) is 2.84. The van der Waals surface area contributed by atoms with Crippen molar-refractivity contribution < 1.29 is 9.53 Å². The highest BCUT2D eigenvalue weighted by molar-refractivity contribution is 5.74. The van der Waals surface area contributed by atoms with Crippen molar-refractivity contribution in [3.05, 3.63) is 0 Å². The first kappa shape index (κ1) is 13.7. The third-order valence-electron chi connectivity index (χ3n) is 4.25. The van der Waals surface area contributed by atoms with Crippen LogP contribution in [0.15, 0.2) is 0 Å². The molecule has 4 nitrogen and oxygen atoms in total. The van der Waals surface area contributed by atoms with Crippen LogP contribution >= 0.6 is 0 Å². The van der Waals surface area contributed by atoms with Crippen LogP contribution in [0.4, 0.5) is 4.79 Å². The molecule has 0 aliphatic carbocycles. The first-order valence-corrected chi connectivity index (χ1v) is 7.24. The highest BCUT2D eigenvalue weighted by atomic mass is 16.5. The summed E-state index contributed by atoms with van der Waals surface area (Å²) in [6.45, 7) is 6.72. The molecule has 104 valence electrons. The van der Waals surface area contributed by atoms with Crippen LogP contribution in [-0.4, -0.2) is 55.7 Å². The molecule has 0 unspecified atom stereocenters. The largest absolute Gasteiger partial charge is 0.381 e. The summed E-state index contributed by atoms with van der Waals surface area (Å²) in [4.78, 5) is 16.2. The molecule has 2 rings (SSSR count). The lowest BCUT2D eigenvalue weighted by Crippen LogP contribution is -2.46. The van der Waals surface area contributed by atoms with Crippen molar-refractivity contribution >= 4 is 6.03 Å². The molecule has 2 aliphatic rings. The second-order valence-corrected chi connectivity index (χ2v) is 5.89. The molecule has 0 atom stereocenters. The summed E-state index contributed by atoms with van der Waals surface area (Å²) >= 11 is 0. The normalized spacial score (nSPS) is 23.1. The zero-order valence-electron chi connectivity index (χ0n) is 11.7. The van der Waals surface area contributed by atoms with Gasteiger partial charge in [0.25, 0.3) is 0 Å². The predicted molar refractivity (Wildman–Crippen MR) is 71.5 cm³/mol. The predicted octanol–water partition coefficient (Wildman–Crippen LogP) is 2.20. The zero-order valence-corrected chi connectivity index (χ0v) is 11.7. The smallest absolute Gasteiger partial charge is 0.319 e. The van der Waals surface area contributed by atoms with Crippen molar-refractivity contribution in [2.24, 2.45) is 11.8 Å². The van der Waals surface area contributed by atoms with Crippen LogP contribution in [0.5, 0.6) is 0 Å². The van der Waals surface area contributed by atoms with Gasteiger partial charge in [0.2, 0.25) is 0 Å². The Balaban J connectivity index is 1.77. The maximum atomic E-state index is 12.3. The highest BCUT2D eigenvalue weighted by Gasteiger charge is 2.25. The summed E-state index contributed by atoms with van der Waals surface area (Å²) in [5.74, 6) is 1.39. The van der Waals surface area contributed by atoms with E-state index in [1.54, 1.807) is 0 Å². The topological polar surface area (TPSA) is 32.8 Å². The number of nitrogens with zero attached hydrogens (tertiary/aromatic N) is 2. The molecule has 0 radical (unpaired) electrons. The van der Waals surface area contributed by atoms with Crippen LogP contribution in [0.1, 0.15) is 32.6 Å². The lowest BCUT2D eigenvalue weighted by atomic mass is 9.99. The van der Waals surface area contributed by atoms with Gasteiger partial charge in [-0.05, 0) is 37.5 Å². The second-order valence-electron chi connectivity index (χ2n) is 5.89. The van der Waals surface area contributed by atoms with Crippen LogP contribution in [0.3, 0.4) is 0 Å². The van der Waals surface area contributed by atoms with Crippen molar-refractivity contribution in [1.29, 1.82) is 0 Å². The molecule has 4 heteroatoms. The van der Waals surface area contributed by atoms with Crippen LogP contribution in [0.2, 0.25) is 0 Å². The van der Waals surface area contributed by atoms with Gasteiger partial charge >= 0.3 is 6.03 Å². The molecule has 0 aromatic heterocycles. The van der Waals surface area contributed by atoms with Crippen LogP contribution in [0, 0.1) is 11.8 Å². The summed E-state index contributed by atoms with van der Waals surface area (Å²) in [5, 5.41) is 0. The van der Waals surface area contributed by atoms with E-state index in [9.17, 15) is 4.79 Å². The van der Waals surface area contributed by atoms with Gasteiger partial charge in [0.1, 0.15) is 0 Å². The molecule has 2 amide bonds. The van der Waals surface area contributed by atoms with Gasteiger partial charge in [-0.3, -0.25) is 0 Å². The standard InChI is InChI=1S/C14H26N2O2/c1-12-3-7-16(8-4-12)14(17)15(2)11-13-5-9-18-10-6-13/h12-13H,3-11H2,1-2H3. The fraction of sp³-hybridized carbons (Fsp3) is 0.929. The number of amides is 2. The molecule has 0 spiro atoms. The van der Waals surface area contributed by atoms with Gasteiger partial charge in [0, 0.05) is 39.9 Å². The molecule has 0 aromatic carbocycles. The number of rotatable bonds is 2. The Morgan fingerprint density at radius 1 is 1.22 bits per heavy atom. The van der Waals surface area contributed by atoms with E-state index >= 15 is 0 Å². The maximum absolute atomic E-state index is 12.3. The average Bonchev–Trinajstić information content (AvgIpc) is 2.40. The van der Waals surface area contributed by atoms with Gasteiger partial charge in [0.05, 0.1) is 0 Å². The fourth-order valence-corrected chi connectivity index (χ4v) is 2.84. The number of carbonyl (C=O) groups excluding carboxylic acids is 1. The van der Waals surface area contributed by atoms with Gasteiger partial charge in [-0.15, -0.1) is 0 Å². The van der Waals surface area contributed by atoms with E-state index in [-0.39, 0.29) is 6.03 Å². The molecule has 2 heterocycles. The lowest BCUT2D eigenvalue weighted by Gasteiger charge is -2.35. The van der Waals surface area contributed by atoms with Gasteiger partial charge < -0.3 is 14.5 Å². The van der Waals surface area contributed by atoms with Gasteiger partial charge in [-0.2, -0.15) is 0 Å². The Morgan fingerprint density at radius 3 is 2.44 bits per heavy atom. The van der Waals surface area contributed by atoms with Crippen LogP contribution < -0.4 is 0 Å². The van der Waals surface area contributed by atoms with E-state index in [0.717, 1.165) is 64.4 Å². The monoisotopic (exact) mass is 254 g/mol. The number of hydrogen-bond donors (Lipinski definition) is 0. The first-order valence-electron chi connectivity index (χ1n) is 7.24. The molecular weight excluding hydrogens is 228 g/mol. The van der Waals surface area contributed by atoms with Crippen LogP contribution in [0.25, 0.3) is 0 Å². The molecule has 2 aliphatic heterocycles. The lowest BCUT2D eigenvalue weighted by molar-refractivity contribution is 0.0555. The van der Waals surface area contributed by atoms with Gasteiger partial charge in [-0.25, -0.2) is 4.79 Å². The molecule has 2 fully saturated rings. The van der Waals surface area contributed by atoms with Crippen molar-refractivity contribution in [2.45, 2.75) is 32.6 Å². The Bertz CT molecular complexity index is 269. The molecular formula is C14H26N2O2. The zero-order chi connectivity index (χ0) is 13.0. The first-order chi connectivity index (χ1) is 8.66.